The van der Waals surface area contributed by atoms with Crippen molar-refractivity contribution in [1.82, 2.24) is 5.32 Å². The van der Waals surface area contributed by atoms with Gasteiger partial charge in [0.1, 0.15) is 5.75 Å². The number of nitrogens with zero attached hydrogens (tertiary/aromatic N) is 1. The van der Waals surface area contributed by atoms with Crippen molar-refractivity contribution in [2.45, 2.75) is 31.0 Å². The van der Waals surface area contributed by atoms with Crippen molar-refractivity contribution in [3.8, 4) is 5.75 Å². The molecule has 0 radical (unpaired) electrons. The first-order valence-electron chi connectivity index (χ1n) is 13.6. The molecule has 0 spiro atoms. The zero-order valence-electron chi connectivity index (χ0n) is 22.9. The molecule has 2 N–H and O–H groups in total. The molecule has 0 unspecified atom stereocenters. The van der Waals surface area contributed by atoms with Gasteiger partial charge in [-0.1, -0.05) is 87.1 Å². The minimum Gasteiger partial charge on any atom is -0.494 e. The molecule has 4 aromatic rings. The number of aliphatic hydroxyl groups excluding tert-OH is 1. The molecular formula is C33H28BrCl3N2O4. The highest BCUT2D eigenvalue weighted by Gasteiger charge is 2.53. The van der Waals surface area contributed by atoms with Crippen LogP contribution in [0.3, 0.4) is 0 Å². The summed E-state index contributed by atoms with van der Waals surface area (Å²) in [6, 6.07) is 27.4. The van der Waals surface area contributed by atoms with Crippen molar-refractivity contribution in [3.05, 3.63) is 133 Å². The highest BCUT2D eigenvalue weighted by molar-refractivity contribution is 9.10. The van der Waals surface area contributed by atoms with Crippen LogP contribution in [-0.4, -0.2) is 35.7 Å². The van der Waals surface area contributed by atoms with E-state index in [0.29, 0.717) is 50.9 Å². The smallest absolute Gasteiger partial charge is 0.252 e. The number of hydrogen-bond donors (Lipinski definition) is 2. The predicted octanol–water partition coefficient (Wildman–Crippen LogP) is 7.99. The molecule has 1 amide bonds. The van der Waals surface area contributed by atoms with Crippen molar-refractivity contribution in [1.29, 1.82) is 0 Å². The van der Waals surface area contributed by atoms with E-state index in [4.69, 9.17) is 54.4 Å². The van der Waals surface area contributed by atoms with Crippen LogP contribution in [-0.2, 0) is 22.5 Å². The maximum Gasteiger partial charge on any atom is 0.252 e. The fourth-order valence-electron chi connectivity index (χ4n) is 4.86. The molecule has 6 nitrogen and oxygen atoms in total. The first-order chi connectivity index (χ1) is 20.8. The van der Waals surface area contributed by atoms with E-state index in [1.54, 1.807) is 36.4 Å². The Morgan fingerprint density at radius 2 is 1.72 bits per heavy atom. The Hall–Kier alpha value is -3.07. The number of ether oxygens (including phenoxy) is 2. The maximum atomic E-state index is 14.4. The number of amides is 1. The summed E-state index contributed by atoms with van der Waals surface area (Å²) >= 11 is 22.9. The third-order valence-electron chi connectivity index (χ3n) is 7.06. The Morgan fingerprint density at radius 3 is 2.42 bits per heavy atom. The molecular weight excluding hydrogens is 675 g/mol. The van der Waals surface area contributed by atoms with Gasteiger partial charge in [-0.25, -0.2) is 4.99 Å². The lowest BCUT2D eigenvalue weighted by molar-refractivity contribution is -0.129. The summed E-state index contributed by atoms with van der Waals surface area (Å²) in [5.41, 5.74) is 1.47. The molecule has 0 saturated heterocycles. The monoisotopic (exact) mass is 700 g/mol. The average Bonchev–Trinajstić information content (AvgIpc) is 3.38. The number of nitrogens with one attached hydrogen (secondary N) is 1. The molecule has 43 heavy (non-hydrogen) atoms. The van der Waals surface area contributed by atoms with Crippen molar-refractivity contribution in [2.75, 3.05) is 13.2 Å². The van der Waals surface area contributed by atoms with Crippen molar-refractivity contribution < 1.29 is 19.4 Å². The molecule has 0 bridgehead atoms. The summed E-state index contributed by atoms with van der Waals surface area (Å²) in [5, 5.41) is 13.5. The fraction of sp³-hybridized carbons (Fsp3) is 0.212. The van der Waals surface area contributed by atoms with Crippen LogP contribution in [0.4, 0.5) is 0 Å². The molecule has 0 aliphatic carbocycles. The van der Waals surface area contributed by atoms with Crippen LogP contribution in [0.25, 0.3) is 0 Å². The number of aliphatic hydroxyl groups is 1. The van der Waals surface area contributed by atoms with Crippen molar-refractivity contribution in [3.63, 3.8) is 0 Å². The lowest BCUT2D eigenvalue weighted by Gasteiger charge is -2.31. The van der Waals surface area contributed by atoms with Crippen molar-refractivity contribution >= 4 is 62.5 Å². The van der Waals surface area contributed by atoms with Crippen LogP contribution in [0, 0.1) is 0 Å². The van der Waals surface area contributed by atoms with E-state index in [1.807, 2.05) is 54.6 Å². The van der Waals surface area contributed by atoms with E-state index in [2.05, 4.69) is 21.2 Å². The number of carbonyl (C=O) groups excluding carboxylic acids is 1. The van der Waals surface area contributed by atoms with Gasteiger partial charge in [-0.15, -0.1) is 0 Å². The molecule has 222 valence electrons. The van der Waals surface area contributed by atoms with Crippen LogP contribution in [0.1, 0.15) is 34.8 Å². The Labute approximate surface area is 273 Å². The summed E-state index contributed by atoms with van der Waals surface area (Å²) < 4.78 is 13.2. The van der Waals surface area contributed by atoms with Crippen LogP contribution in [0.15, 0.2) is 100 Å². The molecule has 5 rings (SSSR count). The highest BCUT2D eigenvalue weighted by Crippen LogP contribution is 2.45. The Kier molecular flexibility index (Phi) is 10.3. The van der Waals surface area contributed by atoms with Gasteiger partial charge in [-0.2, -0.15) is 0 Å². The topological polar surface area (TPSA) is 80.2 Å². The van der Waals surface area contributed by atoms with Crippen LogP contribution >= 0.6 is 50.7 Å². The standard InChI is InChI=1S/C33H28BrCl3N2O4/c34-24-10-6-21(7-11-24)19-33(32(41)38-20-23-4-1-2-5-28(23)36)30(27-15-12-25(35)18-29(27)37)43-31(39-33)22-8-13-26(14-9-22)42-17-3-16-40/h1-2,4-15,18,30,40H,3,16-17,19-20H2,(H,38,41)/t30-,33-/m1/s1. The summed E-state index contributed by atoms with van der Waals surface area (Å²) in [5.74, 6) is 0.597. The van der Waals surface area contributed by atoms with Gasteiger partial charge < -0.3 is 19.9 Å². The third kappa shape index (κ3) is 7.36. The van der Waals surface area contributed by atoms with Crippen LogP contribution < -0.4 is 10.1 Å². The summed E-state index contributed by atoms with van der Waals surface area (Å²) in [7, 11) is 0. The van der Waals surface area contributed by atoms with Crippen molar-refractivity contribution in [2.24, 2.45) is 4.99 Å². The molecule has 10 heteroatoms. The molecule has 0 fully saturated rings. The van der Waals surface area contributed by atoms with E-state index in [9.17, 15) is 4.79 Å². The van der Waals surface area contributed by atoms with Gasteiger partial charge in [0.25, 0.3) is 5.91 Å². The fourth-order valence-corrected chi connectivity index (χ4v) is 5.83. The SMILES string of the molecule is O=C(NCc1ccccc1Cl)[C@]1(Cc2ccc(Br)cc2)N=C(c2ccc(OCCCO)cc2)O[C@@H]1c1ccc(Cl)cc1Cl. The Morgan fingerprint density at radius 1 is 0.977 bits per heavy atom. The molecule has 4 aromatic carbocycles. The van der Waals surface area contributed by atoms with E-state index >= 15 is 0 Å². The highest BCUT2D eigenvalue weighted by atomic mass is 79.9. The number of halogens is 4. The molecule has 0 aromatic heterocycles. The number of aliphatic imine (C=N–C) groups is 1. The summed E-state index contributed by atoms with van der Waals surface area (Å²) in [6.07, 6.45) is -0.116. The van der Waals surface area contributed by atoms with Gasteiger partial charge in [0, 0.05) is 56.7 Å². The van der Waals surface area contributed by atoms with E-state index in [0.717, 1.165) is 15.6 Å². The second-order valence-electron chi connectivity index (χ2n) is 10.0. The minimum absolute atomic E-state index is 0.0520. The van der Waals surface area contributed by atoms with E-state index < -0.39 is 11.6 Å². The lowest BCUT2D eigenvalue weighted by Crippen LogP contribution is -2.49. The average molecular weight is 703 g/mol. The van der Waals surface area contributed by atoms with Gasteiger partial charge in [0.2, 0.25) is 5.90 Å². The zero-order chi connectivity index (χ0) is 30.4. The Bertz CT molecular complexity index is 1620. The van der Waals surface area contributed by atoms with Gasteiger partial charge in [0.15, 0.2) is 11.6 Å². The molecule has 1 aliphatic rings. The minimum atomic E-state index is -1.43. The second kappa shape index (κ2) is 14.1. The number of benzene rings is 4. The predicted molar refractivity (Wildman–Crippen MR) is 174 cm³/mol. The summed E-state index contributed by atoms with van der Waals surface area (Å²) in [4.78, 5) is 19.4. The van der Waals surface area contributed by atoms with Gasteiger partial charge >= 0.3 is 0 Å². The van der Waals surface area contributed by atoms with Crippen LogP contribution in [0.5, 0.6) is 5.75 Å². The number of carbonyl (C=O) groups is 1. The largest absolute Gasteiger partial charge is 0.494 e. The van der Waals surface area contributed by atoms with Gasteiger partial charge in [-0.05, 0) is 65.7 Å². The van der Waals surface area contributed by atoms with Gasteiger partial charge in [0.05, 0.1) is 6.61 Å². The van der Waals surface area contributed by atoms with E-state index in [-0.39, 0.29) is 25.5 Å². The quantitative estimate of drug-likeness (QED) is 0.155. The number of hydrogen-bond acceptors (Lipinski definition) is 5. The van der Waals surface area contributed by atoms with Gasteiger partial charge in [-0.3, -0.25) is 4.79 Å². The summed E-state index contributed by atoms with van der Waals surface area (Å²) in [6.45, 7) is 0.648. The molecule has 1 heterocycles. The van der Waals surface area contributed by atoms with Crippen LogP contribution in [0.2, 0.25) is 15.1 Å². The second-order valence-corrected chi connectivity index (χ2v) is 12.2. The zero-order valence-corrected chi connectivity index (χ0v) is 26.8. The maximum absolute atomic E-state index is 14.4. The molecule has 0 saturated carbocycles. The first kappa shape index (κ1) is 31.4. The molecule has 1 aliphatic heterocycles. The molecule has 2 atom stereocenters. The lowest BCUT2D eigenvalue weighted by atomic mass is 9.82. The third-order valence-corrected chi connectivity index (χ3v) is 8.52. The Balaban J connectivity index is 1.58. The normalized spacial score (nSPS) is 17.7. The van der Waals surface area contributed by atoms with E-state index in [1.165, 1.54) is 0 Å². The first-order valence-corrected chi connectivity index (χ1v) is 15.5. The number of rotatable bonds is 11.